The minimum atomic E-state index is -1.01. The van der Waals surface area contributed by atoms with Gasteiger partial charge in [0, 0.05) is 11.7 Å². The Balaban J connectivity index is 1.66. The molecule has 2 N–H and O–H groups in total. The number of hydrogen-bond donors (Lipinski definition) is 2. The van der Waals surface area contributed by atoms with Crippen LogP contribution in [0.3, 0.4) is 0 Å². The molecule has 0 spiro atoms. The first-order valence-electron chi connectivity index (χ1n) is 9.99. The van der Waals surface area contributed by atoms with Gasteiger partial charge in [0.2, 0.25) is 0 Å². The molecule has 0 saturated carbocycles. The maximum absolute atomic E-state index is 13.1. The number of hydrogen-bond acceptors (Lipinski definition) is 6. The molecule has 0 aromatic heterocycles. The summed E-state index contributed by atoms with van der Waals surface area (Å²) in [5.74, 6) is -0.393. The van der Waals surface area contributed by atoms with Crippen molar-refractivity contribution in [3.05, 3.63) is 65.1 Å². The lowest BCUT2D eigenvalue weighted by molar-refractivity contribution is -0.142. The highest BCUT2D eigenvalue weighted by molar-refractivity contribution is 8.05. The SMILES string of the molecule is CC(C)NC1S/C(=C\c2ccc(OCCOCC(=O)O)cc2)C(=O)N1c1ccccc1. The standard InChI is InChI=1S/C23H26N2O5S/c1-16(2)24-23-25(18-6-4-3-5-7-18)22(28)20(31-23)14-17-8-10-19(11-9-17)30-13-12-29-15-21(26)27/h3-11,14,16,23-24H,12-13,15H2,1-2H3,(H,26,27)/b20-14-. The van der Waals surface area contributed by atoms with Crippen LogP contribution in [-0.4, -0.2) is 48.3 Å². The van der Waals surface area contributed by atoms with Gasteiger partial charge in [-0.25, -0.2) is 4.79 Å². The molecule has 1 atom stereocenters. The highest BCUT2D eigenvalue weighted by Gasteiger charge is 2.37. The van der Waals surface area contributed by atoms with Gasteiger partial charge in [0.15, 0.2) is 0 Å². The fourth-order valence-electron chi connectivity index (χ4n) is 2.97. The van der Waals surface area contributed by atoms with E-state index in [1.54, 1.807) is 4.90 Å². The molecule has 1 fully saturated rings. The molecule has 164 valence electrons. The summed E-state index contributed by atoms with van der Waals surface area (Å²) in [5, 5.41) is 12.0. The number of carboxylic acids is 1. The van der Waals surface area contributed by atoms with E-state index in [1.165, 1.54) is 11.8 Å². The maximum atomic E-state index is 13.1. The number of carbonyl (C=O) groups is 2. The Morgan fingerprint density at radius 3 is 2.52 bits per heavy atom. The molecule has 3 rings (SSSR count). The summed E-state index contributed by atoms with van der Waals surface area (Å²) < 4.78 is 10.5. The summed E-state index contributed by atoms with van der Waals surface area (Å²) >= 11 is 1.50. The Hall–Kier alpha value is -2.81. The van der Waals surface area contributed by atoms with Gasteiger partial charge >= 0.3 is 5.97 Å². The quantitative estimate of drug-likeness (QED) is 0.430. The number of rotatable bonds is 10. The van der Waals surface area contributed by atoms with Crippen LogP contribution in [0.1, 0.15) is 19.4 Å². The van der Waals surface area contributed by atoms with Crippen molar-refractivity contribution in [2.75, 3.05) is 24.7 Å². The highest BCUT2D eigenvalue weighted by Crippen LogP contribution is 2.38. The van der Waals surface area contributed by atoms with Crippen LogP contribution in [0.25, 0.3) is 6.08 Å². The predicted octanol–water partition coefficient (Wildman–Crippen LogP) is 3.57. The number of carboxylic acid groups (broad SMARTS) is 1. The van der Waals surface area contributed by atoms with Gasteiger partial charge < -0.3 is 14.6 Å². The van der Waals surface area contributed by atoms with Crippen LogP contribution in [0.5, 0.6) is 5.75 Å². The van der Waals surface area contributed by atoms with Gasteiger partial charge in [-0.3, -0.25) is 15.0 Å². The summed E-state index contributed by atoms with van der Waals surface area (Å²) in [6.45, 7) is 4.23. The fourth-order valence-corrected chi connectivity index (χ4v) is 4.28. The third-order valence-corrected chi connectivity index (χ3v) is 5.43. The van der Waals surface area contributed by atoms with Crippen LogP contribution in [-0.2, 0) is 14.3 Å². The molecule has 31 heavy (non-hydrogen) atoms. The summed E-state index contributed by atoms with van der Waals surface area (Å²) in [5.41, 5.74) is 1.58. The second kappa shape index (κ2) is 11.0. The number of nitrogens with one attached hydrogen (secondary N) is 1. The van der Waals surface area contributed by atoms with E-state index in [1.807, 2.05) is 60.7 Å². The number of aliphatic carboxylic acids is 1. The summed E-state index contributed by atoms with van der Waals surface area (Å²) in [4.78, 5) is 26.0. The summed E-state index contributed by atoms with van der Waals surface area (Å²) in [7, 11) is 0. The first-order valence-corrected chi connectivity index (χ1v) is 10.9. The molecule has 0 radical (unpaired) electrons. The number of thioether (sulfide) groups is 1. The van der Waals surface area contributed by atoms with Crippen molar-refractivity contribution in [3.8, 4) is 5.75 Å². The third-order valence-electron chi connectivity index (χ3n) is 4.31. The van der Waals surface area contributed by atoms with Crippen LogP contribution >= 0.6 is 11.8 Å². The first kappa shape index (κ1) is 22.9. The van der Waals surface area contributed by atoms with Gasteiger partial charge in [-0.05, 0) is 49.8 Å². The molecule has 1 aliphatic heterocycles. The zero-order valence-electron chi connectivity index (χ0n) is 17.5. The maximum Gasteiger partial charge on any atom is 0.329 e. The van der Waals surface area contributed by atoms with Gasteiger partial charge in [0.25, 0.3) is 5.91 Å². The Bertz CT molecular complexity index is 915. The van der Waals surface area contributed by atoms with Crippen molar-refractivity contribution in [1.82, 2.24) is 5.32 Å². The average molecular weight is 443 g/mol. The minimum Gasteiger partial charge on any atom is -0.491 e. The van der Waals surface area contributed by atoms with Crippen LogP contribution in [0.4, 0.5) is 5.69 Å². The van der Waals surface area contributed by atoms with Crippen molar-refractivity contribution in [3.63, 3.8) is 0 Å². The molecule has 1 amide bonds. The molecule has 8 heteroatoms. The zero-order chi connectivity index (χ0) is 22.2. The largest absolute Gasteiger partial charge is 0.491 e. The van der Waals surface area contributed by atoms with E-state index in [4.69, 9.17) is 14.6 Å². The zero-order valence-corrected chi connectivity index (χ0v) is 18.3. The lowest BCUT2D eigenvalue weighted by Gasteiger charge is -2.25. The third kappa shape index (κ3) is 6.58. The van der Waals surface area contributed by atoms with Crippen molar-refractivity contribution in [2.24, 2.45) is 0 Å². The second-order valence-electron chi connectivity index (χ2n) is 7.17. The number of carbonyl (C=O) groups excluding carboxylic acids is 1. The van der Waals surface area contributed by atoms with E-state index in [9.17, 15) is 9.59 Å². The Morgan fingerprint density at radius 2 is 1.87 bits per heavy atom. The summed E-state index contributed by atoms with van der Waals surface area (Å²) in [6.07, 6.45) is 1.88. The molecular weight excluding hydrogens is 416 g/mol. The smallest absolute Gasteiger partial charge is 0.329 e. The van der Waals surface area contributed by atoms with E-state index in [0.29, 0.717) is 10.7 Å². The number of anilines is 1. The molecule has 1 unspecified atom stereocenters. The number of ether oxygens (including phenoxy) is 2. The monoisotopic (exact) mass is 442 g/mol. The molecule has 1 saturated heterocycles. The first-order chi connectivity index (χ1) is 14.9. The minimum absolute atomic E-state index is 0.0368. The fraction of sp³-hybridized carbons (Fsp3) is 0.304. The van der Waals surface area contributed by atoms with Gasteiger partial charge in [0.1, 0.15) is 24.5 Å². The van der Waals surface area contributed by atoms with Crippen LogP contribution in [0.15, 0.2) is 59.5 Å². The number of amides is 1. The Labute approximate surface area is 186 Å². The van der Waals surface area contributed by atoms with Crippen molar-refractivity contribution in [1.29, 1.82) is 0 Å². The van der Waals surface area contributed by atoms with Crippen molar-refractivity contribution in [2.45, 2.75) is 25.4 Å². The van der Waals surface area contributed by atoms with Crippen LogP contribution < -0.4 is 15.0 Å². The lowest BCUT2D eigenvalue weighted by Crippen LogP contribution is -2.44. The second-order valence-corrected chi connectivity index (χ2v) is 8.30. The number of para-hydroxylation sites is 1. The number of nitrogens with zero attached hydrogens (tertiary/aromatic N) is 1. The van der Waals surface area contributed by atoms with E-state index in [2.05, 4.69) is 19.2 Å². The average Bonchev–Trinajstić information content (AvgIpc) is 3.03. The van der Waals surface area contributed by atoms with Gasteiger partial charge in [-0.15, -0.1) is 0 Å². The van der Waals surface area contributed by atoms with Crippen LogP contribution in [0.2, 0.25) is 0 Å². The highest BCUT2D eigenvalue weighted by atomic mass is 32.2. The van der Waals surface area contributed by atoms with Crippen LogP contribution in [0, 0.1) is 0 Å². The van der Waals surface area contributed by atoms with E-state index in [-0.39, 0.29) is 37.3 Å². The normalized spacial score (nSPS) is 17.5. The van der Waals surface area contributed by atoms with Crippen molar-refractivity contribution < 1.29 is 24.2 Å². The molecule has 1 aliphatic rings. The Morgan fingerprint density at radius 1 is 1.16 bits per heavy atom. The van der Waals surface area contributed by atoms with E-state index in [0.717, 1.165) is 11.3 Å². The topological polar surface area (TPSA) is 88.1 Å². The summed E-state index contributed by atoms with van der Waals surface area (Å²) in [6, 6.07) is 17.3. The van der Waals surface area contributed by atoms with E-state index >= 15 is 0 Å². The predicted molar refractivity (Wildman–Crippen MR) is 122 cm³/mol. The number of benzene rings is 2. The van der Waals surface area contributed by atoms with E-state index < -0.39 is 5.97 Å². The molecule has 2 aromatic rings. The van der Waals surface area contributed by atoms with Crippen molar-refractivity contribution >= 4 is 35.4 Å². The molecule has 0 bridgehead atoms. The molecule has 1 heterocycles. The Kier molecular flexibility index (Phi) is 8.11. The lowest BCUT2D eigenvalue weighted by atomic mass is 10.2. The van der Waals surface area contributed by atoms with Gasteiger partial charge in [-0.1, -0.05) is 42.1 Å². The molecule has 0 aliphatic carbocycles. The van der Waals surface area contributed by atoms with Gasteiger partial charge in [0.05, 0.1) is 11.5 Å². The molecule has 2 aromatic carbocycles. The molecule has 7 nitrogen and oxygen atoms in total. The van der Waals surface area contributed by atoms with Gasteiger partial charge in [-0.2, -0.15) is 0 Å². The molecular formula is C23H26N2O5S.